The van der Waals surface area contributed by atoms with Gasteiger partial charge in [0.2, 0.25) is 0 Å². The molecule has 0 saturated heterocycles. The van der Waals surface area contributed by atoms with E-state index in [1.165, 1.54) is 0 Å². The first-order valence-electron chi connectivity index (χ1n) is 1.88. The van der Waals surface area contributed by atoms with Crippen molar-refractivity contribution in [1.82, 2.24) is 0 Å². The molecule has 0 amide bonds. The predicted molar refractivity (Wildman–Crippen MR) is 43.4 cm³/mol. The van der Waals surface area contributed by atoms with E-state index in [4.69, 9.17) is 5.11 Å². The van der Waals surface area contributed by atoms with E-state index in [0.29, 0.717) is 12.5 Å². The number of hydrogen-bond acceptors (Lipinski definition) is 1. The molecule has 1 atom stereocenters. The molecule has 0 saturated carbocycles. The van der Waals surface area contributed by atoms with Gasteiger partial charge in [0.25, 0.3) is 0 Å². The van der Waals surface area contributed by atoms with Gasteiger partial charge in [-0.05, 0) is 5.92 Å². The topological polar surface area (TPSA) is 20.2 Å². The molecule has 8 heavy (non-hydrogen) atoms. The first kappa shape index (κ1) is 22.8. The van der Waals surface area contributed by atoms with Gasteiger partial charge in [-0.1, -0.05) is 13.8 Å². The van der Waals surface area contributed by atoms with Crippen LogP contribution in [-0.4, -0.2) is 11.7 Å². The molecule has 0 aromatic carbocycles. The number of rotatable bonds is 1. The Morgan fingerprint density at radius 2 is 1.50 bits per heavy atom. The second-order valence-corrected chi connectivity index (χ2v) is 1.58. The van der Waals surface area contributed by atoms with Crippen molar-refractivity contribution in [3.63, 3.8) is 0 Å². The van der Waals surface area contributed by atoms with Gasteiger partial charge in [0.1, 0.15) is 0 Å². The maximum Gasteiger partial charge on any atom is 0.0453 e. The van der Waals surface area contributed by atoms with E-state index in [-0.39, 0.29) is 42.9 Å². The van der Waals surface area contributed by atoms with Gasteiger partial charge in [-0.15, -0.1) is 0 Å². The molecule has 0 aromatic rings. The molecule has 0 aliphatic heterocycles. The fourth-order valence-electron chi connectivity index (χ4n) is 0. The summed E-state index contributed by atoms with van der Waals surface area (Å²) in [7, 11) is 0. The van der Waals surface area contributed by atoms with Gasteiger partial charge < -0.3 is 5.11 Å². The maximum absolute atomic E-state index is 8.14. The van der Waals surface area contributed by atoms with Crippen LogP contribution in [0.2, 0.25) is 0 Å². The Bertz CT molecular complexity index is 30.0. The number of hydrogen-bond donors (Lipinski definition) is 1. The van der Waals surface area contributed by atoms with Gasteiger partial charge in [-0.2, -0.15) is 23.4 Å². The van der Waals surface area contributed by atoms with Gasteiger partial charge in [0, 0.05) is 26.1 Å². The van der Waals surface area contributed by atoms with E-state index in [0.717, 1.165) is 0 Å². The van der Waals surface area contributed by atoms with Crippen molar-refractivity contribution < 1.29 is 24.6 Å². The van der Waals surface area contributed by atoms with Crippen molar-refractivity contribution >= 4 is 23.4 Å². The Morgan fingerprint density at radius 3 is 1.50 bits per heavy atom. The zero-order valence-electron chi connectivity index (χ0n) is 5.65. The largest absolute Gasteiger partial charge is 0.396 e. The van der Waals surface area contributed by atoms with E-state index in [9.17, 15) is 0 Å². The summed E-state index contributed by atoms with van der Waals surface area (Å²) in [6.07, 6.45) is 0. The van der Waals surface area contributed by atoms with Crippen LogP contribution in [-0.2, 0) is 19.5 Å². The third-order valence-electron chi connectivity index (χ3n) is 0.365. The van der Waals surface area contributed by atoms with Gasteiger partial charge in [0.15, 0.2) is 0 Å². The fourth-order valence-corrected chi connectivity index (χ4v) is 0. The molecule has 0 aliphatic rings. The number of aliphatic hydroxyl groups excluding tert-OH is 1. The third-order valence-corrected chi connectivity index (χ3v) is 0.365. The molecule has 4 heteroatoms. The van der Waals surface area contributed by atoms with Crippen LogP contribution >= 0.6 is 23.4 Å². The summed E-state index contributed by atoms with van der Waals surface area (Å²) in [5, 5.41) is 8.14. The van der Waals surface area contributed by atoms with Crippen molar-refractivity contribution in [3.8, 4) is 0 Å². The molecule has 50 valence electrons. The SMILES string of the molecule is CC(C)CO.P.S.[Zn]. The molecule has 1 N–H and O–H groups in total. The van der Waals surface area contributed by atoms with E-state index < -0.39 is 0 Å². The van der Waals surface area contributed by atoms with Crippen LogP contribution in [0.4, 0.5) is 0 Å². The fraction of sp³-hybridized carbons (Fsp3) is 1.00. The molecule has 0 aliphatic carbocycles. The normalized spacial score (nSPS) is 6.00. The summed E-state index contributed by atoms with van der Waals surface area (Å²) in [4.78, 5) is 0. The first-order chi connectivity index (χ1) is 2.27. The smallest absolute Gasteiger partial charge is 0.0453 e. The zero-order chi connectivity index (χ0) is 4.28. The van der Waals surface area contributed by atoms with Crippen molar-refractivity contribution in [2.45, 2.75) is 13.8 Å². The van der Waals surface area contributed by atoms with Gasteiger partial charge in [-0.25, -0.2) is 0 Å². The van der Waals surface area contributed by atoms with Crippen LogP contribution < -0.4 is 0 Å². The molecule has 0 rings (SSSR count). The summed E-state index contributed by atoms with van der Waals surface area (Å²) in [5.41, 5.74) is 0. The van der Waals surface area contributed by atoms with Gasteiger partial charge in [0.05, 0.1) is 0 Å². The molecule has 1 unspecified atom stereocenters. The summed E-state index contributed by atoms with van der Waals surface area (Å²) in [6.45, 7) is 4.25. The molecule has 0 aromatic heterocycles. The van der Waals surface area contributed by atoms with Crippen LogP contribution in [0.5, 0.6) is 0 Å². The van der Waals surface area contributed by atoms with E-state index in [2.05, 4.69) is 0 Å². The monoisotopic (exact) mass is 206 g/mol. The number of aliphatic hydroxyl groups is 1. The van der Waals surface area contributed by atoms with Crippen LogP contribution in [0.25, 0.3) is 0 Å². The molecular weight excluding hydrogens is 192 g/mol. The van der Waals surface area contributed by atoms with Crippen LogP contribution in [0.3, 0.4) is 0 Å². The van der Waals surface area contributed by atoms with Crippen molar-refractivity contribution in [2.24, 2.45) is 5.92 Å². The Kier molecular flexibility index (Phi) is 44.9. The maximum atomic E-state index is 8.14. The zero-order valence-corrected chi connectivity index (χ0v) is 11.0. The second kappa shape index (κ2) is 15.8. The Labute approximate surface area is 74.5 Å². The predicted octanol–water partition coefficient (Wildman–Crippen LogP) is 0.803. The van der Waals surface area contributed by atoms with Crippen LogP contribution in [0, 0.1) is 5.92 Å². The van der Waals surface area contributed by atoms with E-state index in [1.54, 1.807) is 0 Å². The first-order valence-corrected chi connectivity index (χ1v) is 1.88. The average Bonchev–Trinajstić information content (AvgIpc) is 1.38. The Morgan fingerprint density at radius 1 is 1.38 bits per heavy atom. The second-order valence-electron chi connectivity index (χ2n) is 1.58. The molecule has 1 nitrogen and oxygen atoms in total. The Balaban J connectivity index is -0.0000000267. The minimum atomic E-state index is 0. The molecule has 0 bridgehead atoms. The Hall–Kier alpha value is 1.36. The van der Waals surface area contributed by atoms with Crippen molar-refractivity contribution in [3.05, 3.63) is 0 Å². The standard InChI is InChI=1S/C4H10O.H3P.H2S.Zn/c1-4(2)3-5;;;/h4-5H,3H2,1-2H3;1H3;1H2;. The van der Waals surface area contributed by atoms with Gasteiger partial charge in [-0.3, -0.25) is 0 Å². The van der Waals surface area contributed by atoms with Crippen LogP contribution in [0.1, 0.15) is 13.8 Å². The van der Waals surface area contributed by atoms with E-state index in [1.807, 2.05) is 13.8 Å². The van der Waals surface area contributed by atoms with E-state index >= 15 is 0 Å². The summed E-state index contributed by atoms with van der Waals surface area (Å²) < 4.78 is 0. The summed E-state index contributed by atoms with van der Waals surface area (Å²) in [5.74, 6) is 0.440. The average molecular weight is 208 g/mol. The molecular formula is C4H15OPSZn. The van der Waals surface area contributed by atoms with Gasteiger partial charge >= 0.3 is 0 Å². The minimum absolute atomic E-state index is 0. The van der Waals surface area contributed by atoms with Crippen molar-refractivity contribution in [1.29, 1.82) is 0 Å². The third kappa shape index (κ3) is 26.4. The molecule has 0 fully saturated rings. The minimum Gasteiger partial charge on any atom is -0.396 e. The molecule has 0 heterocycles. The quantitative estimate of drug-likeness (QED) is 0.498. The molecule has 0 radical (unpaired) electrons. The van der Waals surface area contributed by atoms with Crippen molar-refractivity contribution in [2.75, 3.05) is 6.61 Å². The molecule has 0 spiro atoms. The van der Waals surface area contributed by atoms with Crippen LogP contribution in [0.15, 0.2) is 0 Å². The summed E-state index contributed by atoms with van der Waals surface area (Å²) in [6, 6.07) is 0. The summed E-state index contributed by atoms with van der Waals surface area (Å²) >= 11 is 0.